The van der Waals surface area contributed by atoms with E-state index in [0.717, 1.165) is 4.90 Å². The molecule has 0 radical (unpaired) electrons. The van der Waals surface area contributed by atoms with Gasteiger partial charge in [0.25, 0.3) is 11.8 Å². The van der Waals surface area contributed by atoms with Gasteiger partial charge in [0, 0.05) is 23.9 Å². The number of hydrogen-bond donors (Lipinski definition) is 1. The van der Waals surface area contributed by atoms with E-state index in [1.165, 1.54) is 24.4 Å². The number of carbonyl (C=O) groups is 3. The van der Waals surface area contributed by atoms with Gasteiger partial charge in [0.15, 0.2) is 5.78 Å². The molecule has 0 saturated heterocycles. The molecule has 0 saturated carbocycles. The molecular formula is C25H24F3N3O3. The van der Waals surface area contributed by atoms with E-state index >= 15 is 0 Å². The minimum Gasteiger partial charge on any atom is -0.326 e. The van der Waals surface area contributed by atoms with Crippen molar-refractivity contribution in [2.75, 3.05) is 0 Å². The quantitative estimate of drug-likeness (QED) is 0.728. The van der Waals surface area contributed by atoms with Gasteiger partial charge in [-0.15, -0.1) is 0 Å². The highest BCUT2D eigenvalue weighted by atomic mass is 19.4. The van der Waals surface area contributed by atoms with Crippen LogP contribution in [-0.4, -0.2) is 39.2 Å². The lowest BCUT2D eigenvalue weighted by Gasteiger charge is -2.35. The molecule has 1 aliphatic carbocycles. The molecule has 1 N–H and O–H groups in total. The Balaban J connectivity index is 1.88. The van der Waals surface area contributed by atoms with Crippen molar-refractivity contribution >= 4 is 17.6 Å². The molecule has 0 bridgehead atoms. The van der Waals surface area contributed by atoms with Crippen LogP contribution in [0.3, 0.4) is 0 Å². The fraction of sp³-hybridized carbons (Fsp3) is 0.360. The number of hydrogen-bond acceptors (Lipinski definition) is 4. The molecule has 1 atom stereocenters. The second-order valence-corrected chi connectivity index (χ2v) is 9.55. The Morgan fingerprint density at radius 3 is 2.47 bits per heavy atom. The molecule has 0 fully saturated rings. The van der Waals surface area contributed by atoms with Gasteiger partial charge >= 0.3 is 6.18 Å². The first-order valence-electron chi connectivity index (χ1n) is 10.8. The molecule has 6 nitrogen and oxygen atoms in total. The molecule has 1 aromatic heterocycles. The van der Waals surface area contributed by atoms with Crippen LogP contribution in [-0.2, 0) is 16.1 Å². The second-order valence-electron chi connectivity index (χ2n) is 9.55. The molecule has 9 heteroatoms. The summed E-state index contributed by atoms with van der Waals surface area (Å²) in [6, 6.07) is 10.9. The number of aromatic nitrogens is 1. The third kappa shape index (κ3) is 3.89. The number of benzene rings is 1. The van der Waals surface area contributed by atoms with Gasteiger partial charge in [-0.25, -0.2) is 0 Å². The number of aryl methyl sites for hydroxylation is 1. The third-order valence-corrected chi connectivity index (χ3v) is 6.17. The van der Waals surface area contributed by atoms with Crippen molar-refractivity contribution < 1.29 is 27.6 Å². The van der Waals surface area contributed by atoms with Gasteiger partial charge < -0.3 is 10.2 Å². The fourth-order valence-electron chi connectivity index (χ4n) is 4.68. The summed E-state index contributed by atoms with van der Waals surface area (Å²) in [6.45, 7) is 4.97. The van der Waals surface area contributed by atoms with Crippen LogP contribution in [0.4, 0.5) is 13.2 Å². The summed E-state index contributed by atoms with van der Waals surface area (Å²) in [5.41, 5.74) is -3.84. The number of Topliss-reactive ketones (excluding diaryl/α,β-unsaturated/α-hetero) is 1. The van der Waals surface area contributed by atoms with Crippen LogP contribution < -0.4 is 5.32 Å². The summed E-state index contributed by atoms with van der Waals surface area (Å²) in [6.07, 6.45) is -3.88. The van der Waals surface area contributed by atoms with Gasteiger partial charge in [0.2, 0.25) is 5.54 Å². The standard InChI is InChI=1S/C25H24F3N3O3/c1-15-7-6-8-16(11-15)21(33)30-24(25(26,27)28)20-18(12-23(2,3)13-19(20)32)31(22(24)34)14-17-9-4-5-10-29-17/h4-11H,12-14H2,1-3H3,(H,30,33)/t24-/m1/s1. The predicted molar refractivity (Wildman–Crippen MR) is 117 cm³/mol. The van der Waals surface area contributed by atoms with Crippen LogP contribution in [0.5, 0.6) is 0 Å². The molecule has 2 aromatic rings. The van der Waals surface area contributed by atoms with E-state index in [2.05, 4.69) is 4.98 Å². The van der Waals surface area contributed by atoms with Crippen molar-refractivity contribution in [3.05, 3.63) is 76.8 Å². The number of amides is 2. The van der Waals surface area contributed by atoms with E-state index < -0.39 is 40.3 Å². The normalized spacial score (nSPS) is 22.1. The number of nitrogens with zero attached hydrogens (tertiary/aromatic N) is 2. The third-order valence-electron chi connectivity index (χ3n) is 6.17. The number of pyridine rings is 1. The zero-order valence-electron chi connectivity index (χ0n) is 19.0. The maximum Gasteiger partial charge on any atom is 0.425 e. The second kappa shape index (κ2) is 8.07. The molecule has 1 aliphatic heterocycles. The first-order valence-corrected chi connectivity index (χ1v) is 10.8. The van der Waals surface area contributed by atoms with Gasteiger partial charge in [-0.1, -0.05) is 37.6 Å². The Morgan fingerprint density at radius 2 is 1.85 bits per heavy atom. The smallest absolute Gasteiger partial charge is 0.326 e. The lowest BCUT2D eigenvalue weighted by molar-refractivity contribution is -0.190. The highest BCUT2D eigenvalue weighted by molar-refractivity contribution is 6.14. The van der Waals surface area contributed by atoms with Gasteiger partial charge in [0.05, 0.1) is 17.8 Å². The number of halogens is 3. The number of carbonyl (C=O) groups excluding carboxylic acids is 3. The summed E-state index contributed by atoms with van der Waals surface area (Å²) < 4.78 is 44.4. The van der Waals surface area contributed by atoms with Gasteiger partial charge in [-0.05, 0) is 43.0 Å². The zero-order chi connectivity index (χ0) is 24.9. The Kier molecular flexibility index (Phi) is 5.62. The monoisotopic (exact) mass is 471 g/mol. The number of alkyl halides is 3. The van der Waals surface area contributed by atoms with E-state index in [4.69, 9.17) is 0 Å². The van der Waals surface area contributed by atoms with Crippen molar-refractivity contribution in [3.63, 3.8) is 0 Å². The number of nitrogens with one attached hydrogen (secondary N) is 1. The lowest BCUT2D eigenvalue weighted by atomic mass is 9.72. The number of ketones is 1. The van der Waals surface area contributed by atoms with Crippen molar-refractivity contribution in [2.45, 2.75) is 51.9 Å². The summed E-state index contributed by atoms with van der Waals surface area (Å²) >= 11 is 0. The molecule has 178 valence electrons. The van der Waals surface area contributed by atoms with Crippen molar-refractivity contribution in [2.24, 2.45) is 5.41 Å². The van der Waals surface area contributed by atoms with Crippen molar-refractivity contribution in [3.8, 4) is 0 Å². The number of rotatable bonds is 4. The van der Waals surface area contributed by atoms with E-state index in [-0.39, 0.29) is 30.6 Å². The van der Waals surface area contributed by atoms with Crippen LogP contribution in [0.2, 0.25) is 0 Å². The fourth-order valence-corrected chi connectivity index (χ4v) is 4.68. The zero-order valence-corrected chi connectivity index (χ0v) is 19.0. The summed E-state index contributed by atoms with van der Waals surface area (Å²) in [5, 5.41) is 1.94. The molecule has 2 aliphatic rings. The molecule has 1 aromatic carbocycles. The number of allylic oxidation sites excluding steroid dienone is 1. The lowest BCUT2D eigenvalue weighted by Crippen LogP contribution is -2.66. The Bertz CT molecular complexity index is 1200. The highest BCUT2D eigenvalue weighted by Gasteiger charge is 2.71. The van der Waals surface area contributed by atoms with Crippen molar-refractivity contribution in [1.29, 1.82) is 0 Å². The summed E-state index contributed by atoms with van der Waals surface area (Å²) in [5.74, 6) is -3.29. The minimum absolute atomic E-state index is 0.0150. The van der Waals surface area contributed by atoms with Gasteiger partial charge in [-0.3, -0.25) is 19.4 Å². The molecule has 0 unspecified atom stereocenters. The van der Waals surface area contributed by atoms with Crippen LogP contribution in [0, 0.1) is 12.3 Å². The molecule has 34 heavy (non-hydrogen) atoms. The maximum absolute atomic E-state index is 14.8. The molecule has 0 spiro atoms. The first-order chi connectivity index (χ1) is 15.9. The topological polar surface area (TPSA) is 79.4 Å². The molecule has 2 heterocycles. The average Bonchev–Trinajstić information content (AvgIpc) is 2.97. The molecule has 4 rings (SSSR count). The van der Waals surface area contributed by atoms with Gasteiger partial charge in [0.1, 0.15) is 0 Å². The molecule has 2 amide bonds. The summed E-state index contributed by atoms with van der Waals surface area (Å²) in [7, 11) is 0. The SMILES string of the molecule is Cc1cccc(C(=O)N[C@@]2(C(F)(F)F)C(=O)N(Cc3ccccn3)C3=C2C(=O)CC(C)(C)C3)c1. The first kappa shape index (κ1) is 23.7. The Morgan fingerprint density at radius 1 is 1.12 bits per heavy atom. The maximum atomic E-state index is 14.8. The van der Waals surface area contributed by atoms with E-state index in [9.17, 15) is 27.6 Å². The van der Waals surface area contributed by atoms with Gasteiger partial charge in [-0.2, -0.15) is 13.2 Å². The molecular weight excluding hydrogens is 447 g/mol. The summed E-state index contributed by atoms with van der Waals surface area (Å²) in [4.78, 5) is 44.9. The average molecular weight is 471 g/mol. The van der Waals surface area contributed by atoms with E-state index in [1.54, 1.807) is 45.0 Å². The van der Waals surface area contributed by atoms with Crippen LogP contribution in [0.1, 0.15) is 48.3 Å². The van der Waals surface area contributed by atoms with Crippen LogP contribution in [0.25, 0.3) is 0 Å². The van der Waals surface area contributed by atoms with Crippen LogP contribution in [0.15, 0.2) is 59.9 Å². The minimum atomic E-state index is -5.25. The Hall–Kier alpha value is -3.49. The Labute approximate surface area is 194 Å². The van der Waals surface area contributed by atoms with Crippen molar-refractivity contribution in [1.82, 2.24) is 15.2 Å². The van der Waals surface area contributed by atoms with E-state index in [0.29, 0.717) is 11.3 Å². The van der Waals surface area contributed by atoms with Crippen LogP contribution >= 0.6 is 0 Å². The highest BCUT2D eigenvalue weighted by Crippen LogP contribution is 2.52. The largest absolute Gasteiger partial charge is 0.425 e. The van der Waals surface area contributed by atoms with E-state index in [1.807, 2.05) is 5.32 Å². The predicted octanol–water partition coefficient (Wildman–Crippen LogP) is 4.11.